The fraction of sp³-hybridized carbons (Fsp3) is 0.143. The van der Waals surface area contributed by atoms with Crippen molar-refractivity contribution in [2.24, 2.45) is 0 Å². The van der Waals surface area contributed by atoms with Crippen LogP contribution in [0, 0.1) is 0 Å². The van der Waals surface area contributed by atoms with Crippen LogP contribution in [0.15, 0.2) is 40.9 Å². The predicted molar refractivity (Wildman–Crippen MR) is 81.3 cm³/mol. The van der Waals surface area contributed by atoms with Gasteiger partial charge in [-0.05, 0) is 42.8 Å². The predicted octanol–water partition coefficient (Wildman–Crippen LogP) is 5.60. The standard InChI is InChI=1S/C14H11BrCl2O2/c1-8(18)11-4-3-10(7-12(11)15)19-14-5-2-9(16)6-13(14)17/h2-8,18H,1H3/t8-/m1/s1. The summed E-state index contributed by atoms with van der Waals surface area (Å²) < 4.78 is 6.46. The highest BCUT2D eigenvalue weighted by atomic mass is 79.9. The summed E-state index contributed by atoms with van der Waals surface area (Å²) in [6, 6.07) is 10.4. The van der Waals surface area contributed by atoms with Crippen molar-refractivity contribution in [2.45, 2.75) is 13.0 Å². The highest BCUT2D eigenvalue weighted by Gasteiger charge is 2.09. The van der Waals surface area contributed by atoms with Crippen LogP contribution in [0.1, 0.15) is 18.6 Å². The van der Waals surface area contributed by atoms with Crippen LogP contribution in [0.2, 0.25) is 10.0 Å². The zero-order valence-electron chi connectivity index (χ0n) is 10.0. The van der Waals surface area contributed by atoms with Crippen molar-refractivity contribution in [3.05, 3.63) is 56.5 Å². The van der Waals surface area contributed by atoms with E-state index in [0.717, 1.165) is 10.0 Å². The summed E-state index contributed by atoms with van der Waals surface area (Å²) in [6.07, 6.45) is -0.539. The number of rotatable bonds is 3. The van der Waals surface area contributed by atoms with Gasteiger partial charge >= 0.3 is 0 Å². The van der Waals surface area contributed by atoms with Gasteiger partial charge in [-0.25, -0.2) is 0 Å². The van der Waals surface area contributed by atoms with Crippen LogP contribution in [-0.2, 0) is 0 Å². The summed E-state index contributed by atoms with van der Waals surface area (Å²) in [5.74, 6) is 1.16. The SMILES string of the molecule is C[C@@H](O)c1ccc(Oc2ccc(Cl)cc2Cl)cc1Br. The number of hydrogen-bond acceptors (Lipinski definition) is 2. The summed E-state index contributed by atoms with van der Waals surface area (Å²) in [6.45, 7) is 1.71. The van der Waals surface area contributed by atoms with E-state index < -0.39 is 6.10 Å². The van der Waals surface area contributed by atoms with Gasteiger partial charge in [0.05, 0.1) is 11.1 Å². The van der Waals surface area contributed by atoms with Crippen LogP contribution in [-0.4, -0.2) is 5.11 Å². The number of aliphatic hydroxyl groups is 1. The van der Waals surface area contributed by atoms with E-state index in [1.54, 1.807) is 43.3 Å². The van der Waals surface area contributed by atoms with Crippen LogP contribution >= 0.6 is 39.1 Å². The Morgan fingerprint density at radius 2 is 1.89 bits per heavy atom. The molecular formula is C14H11BrCl2O2. The Hall–Kier alpha value is -0.740. The fourth-order valence-electron chi connectivity index (χ4n) is 1.60. The molecule has 2 aromatic rings. The van der Waals surface area contributed by atoms with Gasteiger partial charge in [0.1, 0.15) is 11.5 Å². The molecule has 2 aromatic carbocycles. The maximum atomic E-state index is 9.55. The molecule has 1 atom stereocenters. The van der Waals surface area contributed by atoms with Gasteiger partial charge in [-0.2, -0.15) is 0 Å². The second-order valence-corrected chi connectivity index (χ2v) is 5.73. The third-order valence-electron chi connectivity index (χ3n) is 2.54. The molecule has 5 heteroatoms. The topological polar surface area (TPSA) is 29.5 Å². The highest BCUT2D eigenvalue weighted by molar-refractivity contribution is 9.10. The number of benzene rings is 2. The molecule has 1 N–H and O–H groups in total. The number of hydrogen-bond donors (Lipinski definition) is 1. The molecule has 0 aromatic heterocycles. The van der Waals surface area contributed by atoms with Crippen LogP contribution in [0.25, 0.3) is 0 Å². The first kappa shape index (κ1) is 14.7. The Bertz CT molecular complexity index is 600. The van der Waals surface area contributed by atoms with Crippen LogP contribution in [0.3, 0.4) is 0 Å². The van der Waals surface area contributed by atoms with Crippen molar-refractivity contribution in [1.29, 1.82) is 0 Å². The van der Waals surface area contributed by atoms with Gasteiger partial charge in [-0.15, -0.1) is 0 Å². The quantitative estimate of drug-likeness (QED) is 0.770. The molecule has 0 spiro atoms. The molecule has 0 heterocycles. The van der Waals surface area contributed by atoms with E-state index in [1.807, 2.05) is 0 Å². The minimum atomic E-state index is -0.539. The van der Waals surface area contributed by atoms with Gasteiger partial charge in [-0.3, -0.25) is 0 Å². The molecular weight excluding hydrogens is 351 g/mol. The zero-order valence-corrected chi connectivity index (χ0v) is 13.1. The first-order chi connectivity index (χ1) is 8.97. The molecule has 0 saturated carbocycles. The molecule has 0 saturated heterocycles. The van der Waals surface area contributed by atoms with E-state index in [9.17, 15) is 5.11 Å². The molecule has 19 heavy (non-hydrogen) atoms. The average molecular weight is 362 g/mol. The second kappa shape index (κ2) is 6.14. The average Bonchev–Trinajstić information content (AvgIpc) is 2.32. The normalized spacial score (nSPS) is 12.3. The maximum absolute atomic E-state index is 9.55. The van der Waals surface area contributed by atoms with Crippen molar-refractivity contribution < 1.29 is 9.84 Å². The van der Waals surface area contributed by atoms with Crippen molar-refractivity contribution in [3.63, 3.8) is 0 Å². The maximum Gasteiger partial charge on any atom is 0.146 e. The van der Waals surface area contributed by atoms with Crippen molar-refractivity contribution in [3.8, 4) is 11.5 Å². The van der Waals surface area contributed by atoms with Crippen molar-refractivity contribution >= 4 is 39.1 Å². The minimum absolute atomic E-state index is 0.447. The summed E-state index contributed by atoms with van der Waals surface area (Å²) >= 11 is 15.3. The molecule has 0 unspecified atom stereocenters. The van der Waals surface area contributed by atoms with Crippen LogP contribution in [0.4, 0.5) is 0 Å². The van der Waals surface area contributed by atoms with Gasteiger partial charge in [0.25, 0.3) is 0 Å². The second-order valence-electron chi connectivity index (χ2n) is 4.04. The Morgan fingerprint density at radius 3 is 2.47 bits per heavy atom. The van der Waals surface area contributed by atoms with Gasteiger partial charge in [0.2, 0.25) is 0 Å². The third-order valence-corrected chi connectivity index (χ3v) is 3.76. The number of aliphatic hydroxyl groups excluding tert-OH is 1. The smallest absolute Gasteiger partial charge is 0.146 e. The molecule has 0 radical (unpaired) electrons. The third kappa shape index (κ3) is 3.63. The van der Waals surface area contributed by atoms with E-state index in [1.165, 1.54) is 0 Å². The summed E-state index contributed by atoms with van der Waals surface area (Å²) in [4.78, 5) is 0. The van der Waals surface area contributed by atoms with E-state index in [-0.39, 0.29) is 0 Å². The van der Waals surface area contributed by atoms with Gasteiger partial charge < -0.3 is 9.84 Å². The first-order valence-electron chi connectivity index (χ1n) is 5.58. The summed E-state index contributed by atoms with van der Waals surface area (Å²) in [5.41, 5.74) is 0.801. The summed E-state index contributed by atoms with van der Waals surface area (Å²) in [5, 5.41) is 10.6. The largest absolute Gasteiger partial charge is 0.456 e. The van der Waals surface area contributed by atoms with Crippen molar-refractivity contribution in [2.75, 3.05) is 0 Å². The lowest BCUT2D eigenvalue weighted by atomic mass is 10.1. The van der Waals surface area contributed by atoms with E-state index in [0.29, 0.717) is 21.5 Å². The first-order valence-corrected chi connectivity index (χ1v) is 7.12. The van der Waals surface area contributed by atoms with Crippen LogP contribution in [0.5, 0.6) is 11.5 Å². The molecule has 100 valence electrons. The monoisotopic (exact) mass is 360 g/mol. The molecule has 0 aliphatic heterocycles. The van der Waals surface area contributed by atoms with Crippen molar-refractivity contribution in [1.82, 2.24) is 0 Å². The molecule has 0 aliphatic rings. The molecule has 0 bridgehead atoms. The fourth-order valence-corrected chi connectivity index (χ4v) is 2.73. The summed E-state index contributed by atoms with van der Waals surface area (Å²) in [7, 11) is 0. The molecule has 2 nitrogen and oxygen atoms in total. The van der Waals surface area contributed by atoms with E-state index >= 15 is 0 Å². The lowest BCUT2D eigenvalue weighted by molar-refractivity contribution is 0.198. The molecule has 0 fully saturated rings. The van der Waals surface area contributed by atoms with Crippen LogP contribution < -0.4 is 4.74 Å². The lowest BCUT2D eigenvalue weighted by Gasteiger charge is -2.11. The number of ether oxygens (including phenoxy) is 1. The zero-order chi connectivity index (χ0) is 14.0. The Balaban J connectivity index is 2.26. The van der Waals surface area contributed by atoms with Gasteiger partial charge in [0.15, 0.2) is 0 Å². The molecule has 2 rings (SSSR count). The molecule has 0 aliphatic carbocycles. The highest BCUT2D eigenvalue weighted by Crippen LogP contribution is 2.34. The van der Waals surface area contributed by atoms with E-state index in [2.05, 4.69) is 15.9 Å². The molecule has 0 amide bonds. The lowest BCUT2D eigenvalue weighted by Crippen LogP contribution is -1.93. The Labute approximate surface area is 130 Å². The Morgan fingerprint density at radius 1 is 1.16 bits per heavy atom. The van der Waals surface area contributed by atoms with Gasteiger partial charge in [0, 0.05) is 9.50 Å². The number of halogens is 3. The van der Waals surface area contributed by atoms with Gasteiger partial charge in [-0.1, -0.05) is 45.2 Å². The minimum Gasteiger partial charge on any atom is -0.456 e. The van der Waals surface area contributed by atoms with E-state index in [4.69, 9.17) is 27.9 Å². The Kier molecular flexibility index (Phi) is 4.74.